The molecule has 0 aromatic rings. The van der Waals surface area contributed by atoms with Crippen molar-refractivity contribution in [2.24, 2.45) is 0 Å². The summed E-state index contributed by atoms with van der Waals surface area (Å²) in [7, 11) is 0. The second-order valence-electron chi connectivity index (χ2n) is 7.86. The van der Waals surface area contributed by atoms with Crippen LogP contribution in [-0.2, 0) is 47.7 Å². The molecule has 1 aliphatic heterocycles. The number of amides is 1. The minimum Gasteiger partial charge on any atom is -0.463 e. The third kappa shape index (κ3) is 10.6. The Hall–Kier alpha value is -2.69. The smallest absolute Gasteiger partial charge is 0.305 e. The number of nitrogens with one attached hydrogen (secondary N) is 1. The van der Waals surface area contributed by atoms with Gasteiger partial charge >= 0.3 is 23.9 Å². The Labute approximate surface area is 193 Å². The van der Waals surface area contributed by atoms with Gasteiger partial charge in [0.05, 0.1) is 0 Å². The first kappa shape index (κ1) is 28.3. The molecule has 0 aromatic heterocycles. The quantitative estimate of drug-likeness (QED) is 0.252. The Morgan fingerprint density at radius 3 is 1.88 bits per heavy atom. The number of esters is 4. The molecule has 1 rings (SSSR count). The van der Waals surface area contributed by atoms with Crippen LogP contribution >= 0.6 is 0 Å². The van der Waals surface area contributed by atoms with E-state index in [2.05, 4.69) is 12.2 Å². The van der Waals surface area contributed by atoms with Crippen LogP contribution < -0.4 is 5.32 Å². The van der Waals surface area contributed by atoms with E-state index in [1.807, 2.05) is 0 Å². The average molecular weight is 474 g/mol. The maximum atomic E-state index is 12.6. The van der Waals surface area contributed by atoms with Crippen molar-refractivity contribution in [1.82, 2.24) is 5.32 Å². The van der Waals surface area contributed by atoms with E-state index in [0.717, 1.165) is 46.5 Å². The van der Waals surface area contributed by atoms with E-state index >= 15 is 0 Å². The van der Waals surface area contributed by atoms with Crippen LogP contribution in [0, 0.1) is 0 Å². The third-order valence-corrected chi connectivity index (χ3v) is 4.82. The highest BCUT2D eigenvalue weighted by atomic mass is 16.7. The van der Waals surface area contributed by atoms with Crippen LogP contribution in [0.4, 0.5) is 0 Å². The SMILES string of the molecule is CCCCCCCC(=O)N[C@@H]1[C@@H](OC(C)=O)O[C@@H](COC(C)=O)[C@@H](OC(C)=O)[C@H]1OC(C)=O. The lowest BCUT2D eigenvalue weighted by atomic mass is 9.95. The molecule has 11 nitrogen and oxygen atoms in total. The zero-order valence-electron chi connectivity index (χ0n) is 19.9. The monoisotopic (exact) mass is 473 g/mol. The molecule has 0 spiro atoms. The van der Waals surface area contributed by atoms with Crippen molar-refractivity contribution in [1.29, 1.82) is 0 Å². The molecule has 1 amide bonds. The number of rotatable bonds is 12. The fraction of sp³-hybridized carbons (Fsp3) is 0.773. The first-order chi connectivity index (χ1) is 15.5. The summed E-state index contributed by atoms with van der Waals surface area (Å²) in [5, 5.41) is 2.69. The van der Waals surface area contributed by atoms with Crippen LogP contribution in [0.2, 0.25) is 0 Å². The molecule has 1 heterocycles. The summed E-state index contributed by atoms with van der Waals surface area (Å²) in [5.74, 6) is -3.12. The van der Waals surface area contributed by atoms with Crippen molar-refractivity contribution in [3.63, 3.8) is 0 Å². The Balaban J connectivity index is 3.14. The topological polar surface area (TPSA) is 144 Å². The summed E-state index contributed by atoms with van der Waals surface area (Å²) in [6, 6.07) is -1.15. The Kier molecular flexibility index (Phi) is 12.4. The zero-order valence-corrected chi connectivity index (χ0v) is 19.9. The van der Waals surface area contributed by atoms with Crippen LogP contribution in [0.15, 0.2) is 0 Å². The van der Waals surface area contributed by atoms with Crippen LogP contribution in [0.1, 0.15) is 73.1 Å². The van der Waals surface area contributed by atoms with Crippen LogP contribution in [0.3, 0.4) is 0 Å². The minimum absolute atomic E-state index is 0.203. The number of carbonyl (C=O) groups is 5. The number of ether oxygens (including phenoxy) is 5. The van der Waals surface area contributed by atoms with E-state index in [1.54, 1.807) is 0 Å². The van der Waals surface area contributed by atoms with Gasteiger partial charge in [0.15, 0.2) is 12.2 Å². The van der Waals surface area contributed by atoms with Crippen molar-refractivity contribution >= 4 is 29.8 Å². The summed E-state index contributed by atoms with van der Waals surface area (Å²) >= 11 is 0. The molecule has 1 N–H and O–H groups in total. The predicted molar refractivity (Wildman–Crippen MR) is 113 cm³/mol. The molecular weight excluding hydrogens is 438 g/mol. The standard InChI is InChI=1S/C22H35NO10/c1-6-7-8-9-10-11-18(28)23-19-21(31-15(4)26)20(30-14(3)25)17(12-29-13(2)24)33-22(19)32-16(5)27/h17,19-22H,6-12H2,1-5H3,(H,23,28)/t17-,19-,20+,21-,22-/m0/s1. The van der Waals surface area contributed by atoms with Gasteiger partial charge in [-0.05, 0) is 6.42 Å². The molecule has 0 aliphatic carbocycles. The van der Waals surface area contributed by atoms with Crippen molar-refractivity contribution in [2.75, 3.05) is 6.61 Å². The summed E-state index contributed by atoms with van der Waals surface area (Å²) in [4.78, 5) is 59.2. The second-order valence-corrected chi connectivity index (χ2v) is 7.86. The maximum Gasteiger partial charge on any atom is 0.305 e. The maximum absolute atomic E-state index is 12.6. The lowest BCUT2D eigenvalue weighted by Crippen LogP contribution is -2.67. The first-order valence-corrected chi connectivity index (χ1v) is 11.1. The van der Waals surface area contributed by atoms with Gasteiger partial charge in [-0.2, -0.15) is 0 Å². The second kappa shape index (κ2) is 14.5. The summed E-state index contributed by atoms with van der Waals surface area (Å²) in [6.07, 6.45) is -0.0783. The van der Waals surface area contributed by atoms with E-state index in [-0.39, 0.29) is 18.9 Å². The molecule has 0 unspecified atom stereocenters. The molecule has 188 valence electrons. The van der Waals surface area contributed by atoms with Gasteiger partial charge in [-0.25, -0.2) is 0 Å². The van der Waals surface area contributed by atoms with Gasteiger partial charge in [0.1, 0.15) is 18.8 Å². The Bertz CT molecular complexity index is 695. The molecule has 1 fully saturated rings. The van der Waals surface area contributed by atoms with Crippen molar-refractivity contribution < 1.29 is 47.7 Å². The molecule has 0 bridgehead atoms. The van der Waals surface area contributed by atoms with Crippen LogP contribution in [0.5, 0.6) is 0 Å². The fourth-order valence-corrected chi connectivity index (χ4v) is 3.47. The predicted octanol–water partition coefficient (Wildman–Crippen LogP) is 1.55. The van der Waals surface area contributed by atoms with Gasteiger partial charge in [0.2, 0.25) is 12.2 Å². The van der Waals surface area contributed by atoms with Gasteiger partial charge in [-0.1, -0.05) is 32.6 Å². The van der Waals surface area contributed by atoms with Gasteiger partial charge in [-0.15, -0.1) is 0 Å². The highest BCUT2D eigenvalue weighted by molar-refractivity contribution is 5.76. The van der Waals surface area contributed by atoms with Crippen molar-refractivity contribution in [2.45, 2.75) is 104 Å². The average Bonchev–Trinajstić information content (AvgIpc) is 2.69. The van der Waals surface area contributed by atoms with Gasteiger partial charge in [0, 0.05) is 34.1 Å². The van der Waals surface area contributed by atoms with E-state index in [9.17, 15) is 24.0 Å². The van der Waals surface area contributed by atoms with Crippen molar-refractivity contribution in [3.8, 4) is 0 Å². The van der Waals surface area contributed by atoms with Crippen molar-refractivity contribution in [3.05, 3.63) is 0 Å². The molecule has 0 aromatic carbocycles. The summed E-state index contributed by atoms with van der Waals surface area (Å²) in [5.41, 5.74) is 0. The largest absolute Gasteiger partial charge is 0.463 e. The lowest BCUT2D eigenvalue weighted by Gasteiger charge is -2.44. The van der Waals surface area contributed by atoms with Crippen LogP contribution in [-0.4, -0.2) is 67.0 Å². The van der Waals surface area contributed by atoms with E-state index in [0.29, 0.717) is 6.42 Å². The molecular formula is C22H35NO10. The van der Waals surface area contributed by atoms with E-state index in [4.69, 9.17) is 23.7 Å². The van der Waals surface area contributed by atoms with Gasteiger partial charge in [0.25, 0.3) is 0 Å². The Morgan fingerprint density at radius 1 is 0.758 bits per heavy atom. The Morgan fingerprint density at radius 2 is 1.33 bits per heavy atom. The molecule has 33 heavy (non-hydrogen) atoms. The first-order valence-electron chi connectivity index (χ1n) is 11.1. The number of hydrogen-bond donors (Lipinski definition) is 1. The number of carbonyl (C=O) groups excluding carboxylic acids is 5. The highest BCUT2D eigenvalue weighted by Gasteiger charge is 2.52. The molecule has 1 aliphatic rings. The summed E-state index contributed by atoms with van der Waals surface area (Å²) in [6.45, 7) is 6.36. The number of hydrogen-bond acceptors (Lipinski definition) is 10. The van der Waals surface area contributed by atoms with E-state index in [1.165, 1.54) is 6.92 Å². The van der Waals surface area contributed by atoms with Crippen LogP contribution in [0.25, 0.3) is 0 Å². The zero-order chi connectivity index (χ0) is 25.0. The molecule has 1 saturated heterocycles. The van der Waals surface area contributed by atoms with Gasteiger partial charge < -0.3 is 29.0 Å². The molecule has 11 heteroatoms. The summed E-state index contributed by atoms with van der Waals surface area (Å²) < 4.78 is 26.6. The highest BCUT2D eigenvalue weighted by Crippen LogP contribution is 2.28. The fourth-order valence-electron chi connectivity index (χ4n) is 3.47. The molecule has 0 radical (unpaired) electrons. The lowest BCUT2D eigenvalue weighted by molar-refractivity contribution is -0.271. The van der Waals surface area contributed by atoms with E-state index < -0.39 is 54.5 Å². The van der Waals surface area contributed by atoms with Gasteiger partial charge in [-0.3, -0.25) is 24.0 Å². The number of unbranched alkanes of at least 4 members (excludes halogenated alkanes) is 4. The molecule has 0 saturated carbocycles. The molecule has 5 atom stereocenters. The minimum atomic E-state index is -1.37. The normalized spacial score (nSPS) is 24.3. The third-order valence-electron chi connectivity index (χ3n) is 4.82.